The molecule has 0 saturated heterocycles. The summed E-state index contributed by atoms with van der Waals surface area (Å²) in [5.74, 6) is 0. The van der Waals surface area contributed by atoms with Gasteiger partial charge in [0, 0.05) is 0 Å². The Morgan fingerprint density at radius 3 is 0.853 bits per heavy atom. The maximum Gasteiger partial charge on any atom is -0.00261 e. The molecule has 316 valence electrons. The summed E-state index contributed by atoms with van der Waals surface area (Å²) in [5, 5.41) is 12.4. The van der Waals surface area contributed by atoms with Crippen LogP contribution in [0, 0.1) is 0 Å². The first-order valence-corrected chi connectivity index (χ1v) is 23.6. The highest BCUT2D eigenvalue weighted by Gasteiger charge is 2.21. The predicted octanol–water partition coefficient (Wildman–Crippen LogP) is 19.1. The minimum absolute atomic E-state index is 1.20. The van der Waals surface area contributed by atoms with Crippen molar-refractivity contribution < 1.29 is 0 Å². The fraction of sp³-hybridized carbons (Fsp3) is 0. The minimum atomic E-state index is 1.20. The van der Waals surface area contributed by atoms with E-state index in [4.69, 9.17) is 0 Å². The van der Waals surface area contributed by atoms with Gasteiger partial charge in [0.05, 0.1) is 0 Å². The average Bonchev–Trinajstić information content (AvgIpc) is 3.42. The van der Waals surface area contributed by atoms with Crippen molar-refractivity contribution in [2.75, 3.05) is 0 Å². The zero-order chi connectivity index (χ0) is 45.0. The van der Waals surface area contributed by atoms with E-state index in [1.165, 1.54) is 132 Å². The SMILES string of the molecule is c1ccc(-c2ccc(-c3c4ccccc4c(-c4ccc(-c5ccccc5)cc4)c4cc(-c5c6ccccc6c(-c6ccc(-c7ccc8ccccc8c7)cc6)c6ccccc56)ccc34)cc2)cc1. The number of benzene rings is 13. The molecular weight excluding hydrogens is 817 g/mol. The van der Waals surface area contributed by atoms with Crippen LogP contribution >= 0.6 is 0 Å². The van der Waals surface area contributed by atoms with Crippen molar-refractivity contribution >= 4 is 53.9 Å². The topological polar surface area (TPSA) is 0 Å². The maximum absolute atomic E-state index is 2.48. The molecule has 68 heavy (non-hydrogen) atoms. The standard InChI is InChI=1S/C68H44/c1-3-15-45(16-4-1)48-27-34-52(35-28-48)66-57-21-9-12-24-60(57)67(53-36-29-49(30-37-53)46-17-5-2-6-18-46)64-44-56(41-42-63(64)66)68-61-25-13-10-22-58(61)65(59-23-11-14-26-62(59)68)51-38-31-50(32-39-51)55-40-33-47-19-7-8-20-54(47)43-55/h1-44H. The van der Waals surface area contributed by atoms with E-state index < -0.39 is 0 Å². The molecule has 0 heterocycles. The molecule has 0 aliphatic carbocycles. The van der Waals surface area contributed by atoms with Gasteiger partial charge < -0.3 is 0 Å². The van der Waals surface area contributed by atoms with Gasteiger partial charge in [-0.05, 0) is 144 Å². The molecule has 13 aromatic carbocycles. The normalized spacial score (nSPS) is 11.5. The first-order chi connectivity index (χ1) is 33.7. The Hall–Kier alpha value is -8.84. The van der Waals surface area contributed by atoms with E-state index in [1.54, 1.807) is 0 Å². The summed E-state index contributed by atoms with van der Waals surface area (Å²) in [6.45, 7) is 0. The Morgan fingerprint density at radius 2 is 0.412 bits per heavy atom. The molecule has 0 aromatic heterocycles. The number of hydrogen-bond donors (Lipinski definition) is 0. The van der Waals surface area contributed by atoms with Gasteiger partial charge in [-0.15, -0.1) is 0 Å². The van der Waals surface area contributed by atoms with Gasteiger partial charge in [-0.3, -0.25) is 0 Å². The van der Waals surface area contributed by atoms with E-state index in [0.29, 0.717) is 0 Å². The third-order valence-corrected chi connectivity index (χ3v) is 14.1. The zero-order valence-corrected chi connectivity index (χ0v) is 37.4. The van der Waals surface area contributed by atoms with Crippen molar-refractivity contribution in [2.24, 2.45) is 0 Å². The van der Waals surface area contributed by atoms with Crippen LogP contribution in [0.2, 0.25) is 0 Å². The molecule has 0 aliphatic rings. The van der Waals surface area contributed by atoms with Crippen molar-refractivity contribution in [2.45, 2.75) is 0 Å². The van der Waals surface area contributed by atoms with Crippen LogP contribution in [-0.2, 0) is 0 Å². The molecule has 0 N–H and O–H groups in total. The van der Waals surface area contributed by atoms with Crippen LogP contribution in [0.4, 0.5) is 0 Å². The van der Waals surface area contributed by atoms with E-state index in [1.807, 2.05) is 0 Å². The van der Waals surface area contributed by atoms with Gasteiger partial charge in [0.2, 0.25) is 0 Å². The van der Waals surface area contributed by atoms with E-state index in [2.05, 4.69) is 267 Å². The lowest BCUT2D eigenvalue weighted by Gasteiger charge is -2.21. The second-order valence-corrected chi connectivity index (χ2v) is 17.9. The lowest BCUT2D eigenvalue weighted by Crippen LogP contribution is -1.94. The van der Waals surface area contributed by atoms with Gasteiger partial charge in [0.15, 0.2) is 0 Å². The molecule has 0 spiro atoms. The Kier molecular flexibility index (Phi) is 9.62. The molecule has 13 aromatic rings. The molecule has 0 radical (unpaired) electrons. The van der Waals surface area contributed by atoms with Gasteiger partial charge in [-0.25, -0.2) is 0 Å². The largest absolute Gasteiger partial charge is 0.0622 e. The predicted molar refractivity (Wildman–Crippen MR) is 292 cm³/mol. The van der Waals surface area contributed by atoms with Crippen LogP contribution < -0.4 is 0 Å². The van der Waals surface area contributed by atoms with Gasteiger partial charge in [0.1, 0.15) is 0 Å². The van der Waals surface area contributed by atoms with E-state index in [0.717, 1.165) is 0 Å². The zero-order valence-electron chi connectivity index (χ0n) is 37.4. The summed E-state index contributed by atoms with van der Waals surface area (Å²) in [6, 6.07) is 98.4. The first-order valence-electron chi connectivity index (χ1n) is 23.6. The quantitative estimate of drug-likeness (QED) is 0.140. The molecule has 13 rings (SSSR count). The number of fused-ring (bicyclic) bond motifs is 5. The Bertz CT molecular complexity index is 3960. The first kappa shape index (κ1) is 39.5. The Morgan fingerprint density at radius 1 is 0.132 bits per heavy atom. The summed E-state index contributed by atoms with van der Waals surface area (Å²) in [4.78, 5) is 0. The molecule has 0 amide bonds. The molecule has 0 bridgehead atoms. The molecule has 0 saturated carbocycles. The second kappa shape index (κ2) is 16.5. The van der Waals surface area contributed by atoms with Crippen LogP contribution in [-0.4, -0.2) is 0 Å². The van der Waals surface area contributed by atoms with Gasteiger partial charge >= 0.3 is 0 Å². The van der Waals surface area contributed by atoms with Crippen LogP contribution in [0.25, 0.3) is 132 Å². The highest BCUT2D eigenvalue weighted by molar-refractivity contribution is 6.25. The molecule has 0 fully saturated rings. The number of rotatable bonds is 7. The fourth-order valence-corrected chi connectivity index (χ4v) is 10.8. The fourth-order valence-electron chi connectivity index (χ4n) is 10.8. The summed E-state index contributed by atoms with van der Waals surface area (Å²) in [7, 11) is 0. The second-order valence-electron chi connectivity index (χ2n) is 17.9. The van der Waals surface area contributed by atoms with Gasteiger partial charge in [-0.2, -0.15) is 0 Å². The van der Waals surface area contributed by atoms with E-state index >= 15 is 0 Å². The lowest BCUT2D eigenvalue weighted by molar-refractivity contribution is 1.60. The van der Waals surface area contributed by atoms with Crippen molar-refractivity contribution in [3.63, 3.8) is 0 Å². The van der Waals surface area contributed by atoms with Crippen LogP contribution in [0.5, 0.6) is 0 Å². The lowest BCUT2D eigenvalue weighted by atomic mass is 9.82. The summed E-state index contributed by atoms with van der Waals surface area (Å²) < 4.78 is 0. The number of hydrogen-bond acceptors (Lipinski definition) is 0. The van der Waals surface area contributed by atoms with Crippen molar-refractivity contribution in [1.29, 1.82) is 0 Å². The average molecular weight is 861 g/mol. The summed E-state index contributed by atoms with van der Waals surface area (Å²) in [6.07, 6.45) is 0. The van der Waals surface area contributed by atoms with Crippen molar-refractivity contribution in [1.82, 2.24) is 0 Å². The molecule has 0 atom stereocenters. The summed E-state index contributed by atoms with van der Waals surface area (Å²) >= 11 is 0. The van der Waals surface area contributed by atoms with E-state index in [-0.39, 0.29) is 0 Å². The monoisotopic (exact) mass is 860 g/mol. The van der Waals surface area contributed by atoms with Crippen LogP contribution in [0.15, 0.2) is 267 Å². The third-order valence-electron chi connectivity index (χ3n) is 14.1. The van der Waals surface area contributed by atoms with Crippen LogP contribution in [0.1, 0.15) is 0 Å². The van der Waals surface area contributed by atoms with Crippen molar-refractivity contribution in [3.05, 3.63) is 267 Å². The Labute approximate surface area is 396 Å². The van der Waals surface area contributed by atoms with Crippen LogP contribution in [0.3, 0.4) is 0 Å². The van der Waals surface area contributed by atoms with Gasteiger partial charge in [0.25, 0.3) is 0 Å². The third kappa shape index (κ3) is 6.77. The molecular formula is C68H44. The van der Waals surface area contributed by atoms with Crippen molar-refractivity contribution in [3.8, 4) is 77.9 Å². The molecule has 0 heteroatoms. The molecule has 0 unspecified atom stereocenters. The smallest absolute Gasteiger partial charge is 0.00261 e. The summed E-state index contributed by atoms with van der Waals surface area (Å²) in [5.41, 5.74) is 17.1. The minimum Gasteiger partial charge on any atom is -0.0622 e. The molecule has 0 aliphatic heterocycles. The Balaban J connectivity index is 1.03. The highest BCUT2D eigenvalue weighted by atomic mass is 14.2. The maximum atomic E-state index is 2.48. The highest BCUT2D eigenvalue weighted by Crippen LogP contribution is 2.48. The molecule has 0 nitrogen and oxygen atoms in total. The van der Waals surface area contributed by atoms with E-state index in [9.17, 15) is 0 Å². The van der Waals surface area contributed by atoms with Gasteiger partial charge in [-0.1, -0.05) is 255 Å².